The van der Waals surface area contributed by atoms with Gasteiger partial charge in [-0.2, -0.15) is 0 Å². The monoisotopic (exact) mass is 86.0 g/mol. The lowest BCUT2D eigenvalue weighted by molar-refractivity contribution is 0.459. The molecule has 0 bridgehead atoms. The van der Waals surface area contributed by atoms with Gasteiger partial charge in [-0.25, -0.2) is 0 Å². The summed E-state index contributed by atoms with van der Waals surface area (Å²) in [4.78, 5) is 0. The average molecular weight is 85.8 g/mol. The van der Waals surface area contributed by atoms with Crippen LogP contribution < -0.4 is 0 Å². The molecule has 1 aliphatic heterocycles. The van der Waals surface area contributed by atoms with Crippen molar-refractivity contribution in [1.29, 1.82) is 0 Å². The summed E-state index contributed by atoms with van der Waals surface area (Å²) < 4.78 is 4.74. The molecule has 0 aromatic carbocycles. The Morgan fingerprint density at radius 3 is 2.60 bits per heavy atom. The Hall–Kier alpha value is 0.455. The molecular weight excluding hydrogens is 81.8 g/mol. The van der Waals surface area contributed by atoms with Crippen LogP contribution in [-0.4, -0.2) is 20.0 Å². The lowest BCUT2D eigenvalue weighted by atomic mass is 10.8. The van der Waals surface area contributed by atoms with Crippen LogP contribution in [0.2, 0.25) is 0 Å². The van der Waals surface area contributed by atoms with Gasteiger partial charge in [0.1, 0.15) is 7.57 Å². The van der Waals surface area contributed by atoms with E-state index in [1.807, 2.05) is 0 Å². The highest BCUT2D eigenvalue weighted by Crippen LogP contribution is 2.25. The van der Waals surface area contributed by atoms with Gasteiger partial charge in [-0.15, -0.1) is 8.46 Å². The molecule has 5 heavy (non-hydrogen) atoms. The molecule has 1 rings (SSSR count). The minimum Gasteiger partial charge on any atom is -0.369 e. The maximum Gasteiger partial charge on any atom is 0.108 e. The summed E-state index contributed by atoms with van der Waals surface area (Å²) in [5, 5.41) is 0. The van der Waals surface area contributed by atoms with E-state index in [1.54, 1.807) is 0 Å². The number of ether oxygens (including phenoxy) is 1. The van der Waals surface area contributed by atoms with Crippen LogP contribution in [0.1, 0.15) is 0 Å². The van der Waals surface area contributed by atoms with Crippen LogP contribution in [-0.2, 0) is 4.74 Å². The van der Waals surface area contributed by atoms with Gasteiger partial charge < -0.3 is 4.74 Å². The van der Waals surface area contributed by atoms with Gasteiger partial charge in [0.15, 0.2) is 0 Å². The summed E-state index contributed by atoms with van der Waals surface area (Å²) in [6, 6.07) is 0. The molecule has 1 aliphatic rings. The molecule has 0 aliphatic carbocycles. The molecule has 0 aromatic heterocycles. The van der Waals surface area contributed by atoms with Crippen molar-refractivity contribution < 1.29 is 4.74 Å². The molecule has 2 unspecified atom stereocenters. The van der Waals surface area contributed by atoms with Crippen LogP contribution >= 0.6 is 8.46 Å². The molecule has 0 aromatic rings. The van der Waals surface area contributed by atoms with Crippen molar-refractivity contribution in [3.05, 3.63) is 0 Å². The van der Waals surface area contributed by atoms with Gasteiger partial charge >= 0.3 is 0 Å². The lowest BCUT2D eigenvalue weighted by Crippen LogP contribution is -1.61. The average Bonchev–Trinajstić information content (AvgIpc) is 2.12. The third-order valence-electron chi connectivity index (χ3n) is 0.519. The second kappa shape index (κ2) is 1.28. The van der Waals surface area contributed by atoms with Gasteiger partial charge in [0.25, 0.3) is 0 Å². The van der Waals surface area contributed by atoms with E-state index in [1.165, 1.54) is 0 Å². The summed E-state index contributed by atoms with van der Waals surface area (Å²) in [6.07, 6.45) is 0. The fourth-order valence-corrected chi connectivity index (χ4v) is 0.433. The first-order valence-electron chi connectivity index (χ1n) is 1.51. The molecule has 2 radical (unpaired) electrons. The Morgan fingerprint density at radius 2 is 2.60 bits per heavy atom. The second-order valence-corrected chi connectivity index (χ2v) is 1.97. The smallest absolute Gasteiger partial charge is 0.108 e. The molecule has 26 valence electrons. The van der Waals surface area contributed by atoms with Gasteiger partial charge in [0, 0.05) is 0 Å². The zero-order chi connectivity index (χ0) is 3.70. The number of hydrogen-bond acceptors (Lipinski definition) is 1. The zero-order valence-corrected chi connectivity index (χ0v) is 3.77. The summed E-state index contributed by atoms with van der Waals surface area (Å²) in [7, 11) is 5.64. The Morgan fingerprint density at radius 1 is 2.00 bits per heavy atom. The molecule has 2 atom stereocenters. The van der Waals surface area contributed by atoms with E-state index < -0.39 is 0 Å². The van der Waals surface area contributed by atoms with E-state index in [0.29, 0.717) is 14.3 Å². The van der Waals surface area contributed by atoms with Gasteiger partial charge in [-0.05, 0) is 0 Å². The fourth-order valence-electron chi connectivity index (χ4n) is 0.144. The van der Waals surface area contributed by atoms with Crippen LogP contribution in [0.3, 0.4) is 0 Å². The molecule has 3 heteroatoms. The molecule has 1 heterocycles. The topological polar surface area (TPSA) is 12.5 Å². The summed E-state index contributed by atoms with van der Waals surface area (Å²) in [5.74, 6) is 0.440. The summed E-state index contributed by atoms with van der Waals surface area (Å²) in [6.45, 7) is 0.898. The van der Waals surface area contributed by atoms with E-state index in [0.717, 1.165) is 6.61 Å². The van der Waals surface area contributed by atoms with E-state index in [9.17, 15) is 0 Å². The molecule has 0 N–H and O–H groups in total. The van der Waals surface area contributed by atoms with Gasteiger partial charge in [-0.3, -0.25) is 0 Å². The molecule has 1 saturated heterocycles. The van der Waals surface area contributed by atoms with Crippen molar-refractivity contribution in [1.82, 2.24) is 0 Å². The van der Waals surface area contributed by atoms with Crippen LogP contribution in [0.15, 0.2) is 0 Å². The first-order chi connectivity index (χ1) is 2.43. The Kier molecular flexibility index (Phi) is 0.929. The Balaban J connectivity index is 2.00. The Bertz CT molecular complexity index is 36.6. The number of hydrogen-bond donors (Lipinski definition) is 0. The minimum atomic E-state index is 0.440. The first-order valence-corrected chi connectivity index (χ1v) is 2.66. The molecule has 0 spiro atoms. The van der Waals surface area contributed by atoms with E-state index in [4.69, 9.17) is 12.3 Å². The second-order valence-electron chi connectivity index (χ2n) is 0.989. The van der Waals surface area contributed by atoms with Crippen molar-refractivity contribution in [3.63, 3.8) is 0 Å². The standard InChI is InChI=1S/C2H4BOP/c3-5-2-1-4-2/h2,5H,1H2. The van der Waals surface area contributed by atoms with E-state index >= 15 is 0 Å². The molecular formula is C2H4BOP. The highest BCUT2D eigenvalue weighted by atomic mass is 31.1. The van der Waals surface area contributed by atoms with Gasteiger partial charge in [0.2, 0.25) is 0 Å². The molecule has 0 amide bonds. The summed E-state index contributed by atoms with van der Waals surface area (Å²) >= 11 is 0. The minimum absolute atomic E-state index is 0.440. The highest BCUT2D eigenvalue weighted by Gasteiger charge is 2.17. The van der Waals surface area contributed by atoms with Crippen molar-refractivity contribution >= 4 is 16.0 Å². The predicted octanol–water partition coefficient (Wildman–Crippen LogP) is 0.105. The van der Waals surface area contributed by atoms with Gasteiger partial charge in [-0.1, -0.05) is 0 Å². The van der Waals surface area contributed by atoms with Crippen molar-refractivity contribution in [2.75, 3.05) is 6.61 Å². The van der Waals surface area contributed by atoms with Crippen LogP contribution in [0.5, 0.6) is 0 Å². The summed E-state index contributed by atoms with van der Waals surface area (Å²) in [5.41, 5.74) is 0. The predicted molar refractivity (Wildman–Crippen MR) is 23.8 cm³/mol. The fraction of sp³-hybridized carbons (Fsp3) is 1.00. The van der Waals surface area contributed by atoms with Crippen molar-refractivity contribution in [2.24, 2.45) is 0 Å². The van der Waals surface area contributed by atoms with Crippen LogP contribution in [0, 0.1) is 0 Å². The maximum atomic E-state index is 5.14. The van der Waals surface area contributed by atoms with Crippen molar-refractivity contribution in [3.8, 4) is 0 Å². The normalized spacial score (nSPS) is 36.4. The maximum absolute atomic E-state index is 5.14. The molecule has 1 fully saturated rings. The zero-order valence-electron chi connectivity index (χ0n) is 2.77. The lowest BCUT2D eigenvalue weighted by Gasteiger charge is -1.71. The van der Waals surface area contributed by atoms with Crippen LogP contribution in [0.25, 0.3) is 0 Å². The SMILES string of the molecule is [B]PC1CO1. The quantitative estimate of drug-likeness (QED) is 0.250. The first kappa shape index (κ1) is 3.64. The van der Waals surface area contributed by atoms with E-state index in [-0.39, 0.29) is 0 Å². The largest absolute Gasteiger partial charge is 0.369 e. The third kappa shape index (κ3) is 0.902. The molecule has 1 nitrogen and oxygen atoms in total. The Labute approximate surface area is 34.2 Å². The van der Waals surface area contributed by atoms with Crippen molar-refractivity contribution in [2.45, 2.75) is 5.85 Å². The van der Waals surface area contributed by atoms with Gasteiger partial charge in [0.05, 0.1) is 12.5 Å². The molecule has 0 saturated carbocycles. The van der Waals surface area contributed by atoms with Crippen LogP contribution in [0.4, 0.5) is 0 Å². The van der Waals surface area contributed by atoms with E-state index in [2.05, 4.69) is 0 Å². The third-order valence-corrected chi connectivity index (χ3v) is 1.22. The highest BCUT2D eigenvalue weighted by molar-refractivity contribution is 7.67. The number of rotatable bonds is 1. The number of epoxide rings is 1.